The van der Waals surface area contributed by atoms with Gasteiger partial charge in [0.05, 0.1) is 0 Å². The number of anilines is 1. The quantitative estimate of drug-likeness (QED) is 0.451. The number of benzene rings is 1. The maximum absolute atomic E-state index is 13.0. The molecular formula is C18H17N3O6. The molecule has 27 heavy (non-hydrogen) atoms. The third-order valence-corrected chi connectivity index (χ3v) is 4.13. The minimum atomic E-state index is -0.917. The first-order valence-corrected chi connectivity index (χ1v) is 8.37. The summed E-state index contributed by atoms with van der Waals surface area (Å²) in [6.07, 6.45) is -0.110. The van der Waals surface area contributed by atoms with E-state index in [4.69, 9.17) is 9.84 Å². The van der Waals surface area contributed by atoms with Gasteiger partial charge in [0.25, 0.3) is 11.7 Å². The minimum absolute atomic E-state index is 0.0180. The number of aromatic nitrogens is 1. The highest BCUT2D eigenvalue weighted by Gasteiger charge is 2.39. The number of nitrogens with zero attached hydrogens (tertiary/aromatic N) is 3. The Bertz CT molecular complexity index is 871. The highest BCUT2D eigenvalue weighted by Crippen LogP contribution is 2.38. The van der Waals surface area contributed by atoms with Gasteiger partial charge in [-0.15, -0.1) is 0 Å². The smallest absolute Gasteiger partial charge is 0.366 e. The van der Waals surface area contributed by atoms with Crippen molar-refractivity contribution in [1.82, 2.24) is 4.98 Å². The van der Waals surface area contributed by atoms with Crippen LogP contribution < -0.4 is 9.64 Å². The predicted molar refractivity (Wildman–Crippen MR) is 94.5 cm³/mol. The van der Waals surface area contributed by atoms with Gasteiger partial charge < -0.3 is 20.0 Å². The number of nitro groups is 1. The normalized spacial score (nSPS) is 15.8. The van der Waals surface area contributed by atoms with Crippen LogP contribution in [0.1, 0.15) is 30.9 Å². The van der Waals surface area contributed by atoms with E-state index in [1.165, 1.54) is 17.0 Å². The molecular weight excluding hydrogens is 354 g/mol. The van der Waals surface area contributed by atoms with E-state index in [9.17, 15) is 19.7 Å². The second kappa shape index (κ2) is 7.81. The van der Waals surface area contributed by atoms with Crippen LogP contribution in [0.5, 0.6) is 5.75 Å². The number of ether oxygens (including phenoxy) is 1. The van der Waals surface area contributed by atoms with Gasteiger partial charge in [-0.25, -0.2) is 0 Å². The van der Waals surface area contributed by atoms with Crippen LogP contribution in [0.3, 0.4) is 0 Å². The molecule has 3 rings (SSSR count). The first-order valence-electron chi connectivity index (χ1n) is 8.37. The molecule has 1 aliphatic rings. The molecule has 0 aliphatic carbocycles. The molecule has 9 heteroatoms. The Morgan fingerprint density at radius 1 is 1.22 bits per heavy atom. The molecule has 0 fully saturated rings. The summed E-state index contributed by atoms with van der Waals surface area (Å²) < 4.78 is 5.77. The SMILES string of the molecule is O=C(O)CCCCN1C(=O)C(c2ccccc2)Oc2ccc([N+](=O)[O-])nc21. The highest BCUT2D eigenvalue weighted by molar-refractivity contribution is 5.99. The maximum atomic E-state index is 13.0. The monoisotopic (exact) mass is 371 g/mol. The number of fused-ring (bicyclic) bond motifs is 1. The summed E-state index contributed by atoms with van der Waals surface area (Å²) in [6.45, 7) is 0.194. The average molecular weight is 371 g/mol. The van der Waals surface area contributed by atoms with E-state index in [2.05, 4.69) is 4.98 Å². The summed E-state index contributed by atoms with van der Waals surface area (Å²) in [5.41, 5.74) is 0.655. The molecule has 1 atom stereocenters. The van der Waals surface area contributed by atoms with Gasteiger partial charge in [-0.05, 0) is 28.8 Å². The second-order valence-corrected chi connectivity index (χ2v) is 6.00. The lowest BCUT2D eigenvalue weighted by Crippen LogP contribution is -2.42. The number of amides is 1. The predicted octanol–water partition coefficient (Wildman–Crippen LogP) is 2.71. The zero-order chi connectivity index (χ0) is 19.4. The van der Waals surface area contributed by atoms with E-state index >= 15 is 0 Å². The number of hydrogen-bond donors (Lipinski definition) is 1. The number of unbranched alkanes of at least 4 members (excludes halogenated alkanes) is 1. The number of carbonyl (C=O) groups excluding carboxylic acids is 1. The van der Waals surface area contributed by atoms with E-state index in [-0.39, 0.29) is 30.4 Å². The third kappa shape index (κ3) is 4.02. The van der Waals surface area contributed by atoms with Crippen LogP contribution >= 0.6 is 0 Å². The van der Waals surface area contributed by atoms with Gasteiger partial charge in [0.2, 0.25) is 6.10 Å². The molecule has 0 bridgehead atoms. The fourth-order valence-electron chi connectivity index (χ4n) is 2.84. The second-order valence-electron chi connectivity index (χ2n) is 6.00. The van der Waals surface area contributed by atoms with Gasteiger partial charge >= 0.3 is 11.8 Å². The van der Waals surface area contributed by atoms with E-state index < -0.39 is 22.9 Å². The Kier molecular flexibility index (Phi) is 5.30. The third-order valence-electron chi connectivity index (χ3n) is 4.13. The number of carbonyl (C=O) groups is 2. The lowest BCUT2D eigenvalue weighted by Gasteiger charge is -2.31. The molecule has 2 aromatic rings. The van der Waals surface area contributed by atoms with Crippen LogP contribution in [0.25, 0.3) is 0 Å². The summed E-state index contributed by atoms with van der Waals surface area (Å²) in [5, 5.41) is 19.8. The van der Waals surface area contributed by atoms with Crippen molar-refractivity contribution in [2.24, 2.45) is 0 Å². The van der Waals surface area contributed by atoms with Crippen LogP contribution in [0, 0.1) is 10.1 Å². The largest absolute Gasteiger partial charge is 0.481 e. The molecule has 140 valence electrons. The van der Waals surface area contributed by atoms with Gasteiger partial charge in [0.1, 0.15) is 0 Å². The summed E-state index contributed by atoms with van der Waals surface area (Å²) in [4.78, 5) is 39.3. The van der Waals surface area contributed by atoms with Crippen molar-refractivity contribution in [2.75, 3.05) is 11.4 Å². The lowest BCUT2D eigenvalue weighted by atomic mass is 10.1. The molecule has 1 N–H and O–H groups in total. The van der Waals surface area contributed by atoms with Crippen molar-refractivity contribution in [2.45, 2.75) is 25.4 Å². The van der Waals surface area contributed by atoms with Crippen molar-refractivity contribution in [3.63, 3.8) is 0 Å². The van der Waals surface area contributed by atoms with E-state index in [1.807, 2.05) is 6.07 Å². The van der Waals surface area contributed by atoms with Crippen molar-refractivity contribution < 1.29 is 24.4 Å². The number of pyridine rings is 1. The number of carboxylic acid groups (broad SMARTS) is 1. The van der Waals surface area contributed by atoms with E-state index in [1.54, 1.807) is 24.3 Å². The molecule has 0 saturated heterocycles. The maximum Gasteiger partial charge on any atom is 0.366 e. The van der Waals surface area contributed by atoms with Crippen LogP contribution in [0.15, 0.2) is 42.5 Å². The number of hydrogen-bond acceptors (Lipinski definition) is 6. The van der Waals surface area contributed by atoms with Crippen molar-refractivity contribution >= 4 is 23.5 Å². The molecule has 9 nitrogen and oxygen atoms in total. The Labute approximate surface area is 154 Å². The Morgan fingerprint density at radius 3 is 2.63 bits per heavy atom. The highest BCUT2D eigenvalue weighted by atomic mass is 16.6. The van der Waals surface area contributed by atoms with E-state index in [0.29, 0.717) is 18.4 Å². The van der Waals surface area contributed by atoms with Crippen molar-refractivity contribution in [1.29, 1.82) is 0 Å². The number of carboxylic acids is 1. The van der Waals surface area contributed by atoms with Crippen LogP contribution in [-0.4, -0.2) is 33.4 Å². The zero-order valence-corrected chi connectivity index (χ0v) is 14.3. The molecule has 1 aliphatic heterocycles. The van der Waals surface area contributed by atoms with Gasteiger partial charge in [-0.3, -0.25) is 14.5 Å². The lowest BCUT2D eigenvalue weighted by molar-refractivity contribution is -0.389. The molecule has 0 spiro atoms. The molecule has 1 aromatic heterocycles. The first-order chi connectivity index (χ1) is 13.0. The standard InChI is InChI=1S/C18H17N3O6/c22-15(23)8-4-5-11-20-17-13(9-10-14(19-17)21(25)26)27-16(18(20)24)12-6-2-1-3-7-12/h1-3,6-7,9-10,16H,4-5,8,11H2,(H,22,23). The Hall–Kier alpha value is -3.49. The summed E-state index contributed by atoms with van der Waals surface area (Å²) >= 11 is 0. The van der Waals surface area contributed by atoms with Gasteiger partial charge in [0, 0.05) is 24.6 Å². The van der Waals surface area contributed by atoms with Crippen LogP contribution in [0.4, 0.5) is 11.6 Å². The Morgan fingerprint density at radius 2 is 1.96 bits per heavy atom. The zero-order valence-electron chi connectivity index (χ0n) is 14.3. The fraction of sp³-hybridized carbons (Fsp3) is 0.278. The van der Waals surface area contributed by atoms with Gasteiger partial charge in [-0.2, -0.15) is 0 Å². The molecule has 0 saturated carbocycles. The van der Waals surface area contributed by atoms with Crippen LogP contribution in [-0.2, 0) is 9.59 Å². The van der Waals surface area contributed by atoms with Crippen molar-refractivity contribution in [3.8, 4) is 5.75 Å². The van der Waals surface area contributed by atoms with Gasteiger partial charge in [-0.1, -0.05) is 30.3 Å². The number of rotatable bonds is 7. The molecule has 0 radical (unpaired) electrons. The topological polar surface area (TPSA) is 123 Å². The molecule has 1 aromatic carbocycles. The van der Waals surface area contributed by atoms with Crippen molar-refractivity contribution in [3.05, 3.63) is 58.1 Å². The number of aliphatic carboxylic acids is 1. The van der Waals surface area contributed by atoms with Crippen LogP contribution in [0.2, 0.25) is 0 Å². The summed E-state index contributed by atoms with van der Waals surface area (Å²) in [5.74, 6) is -1.35. The molecule has 2 heterocycles. The van der Waals surface area contributed by atoms with Gasteiger partial charge in [0.15, 0.2) is 5.75 Å². The Balaban J connectivity index is 1.92. The van der Waals surface area contributed by atoms with E-state index in [0.717, 1.165) is 0 Å². The first kappa shape index (κ1) is 18.3. The molecule has 1 unspecified atom stereocenters. The summed E-state index contributed by atoms with van der Waals surface area (Å²) in [6, 6.07) is 11.6. The summed E-state index contributed by atoms with van der Waals surface area (Å²) in [7, 11) is 0. The average Bonchev–Trinajstić information content (AvgIpc) is 2.66. The molecule has 1 amide bonds. The fourth-order valence-corrected chi connectivity index (χ4v) is 2.84. The minimum Gasteiger partial charge on any atom is -0.481 e.